The second kappa shape index (κ2) is 8.54. The molecule has 0 amide bonds. The fraction of sp³-hybridized carbons (Fsp3) is 0.300. The van der Waals surface area contributed by atoms with Crippen molar-refractivity contribution in [3.63, 3.8) is 0 Å². The predicted molar refractivity (Wildman–Crippen MR) is 107 cm³/mol. The van der Waals surface area contributed by atoms with Crippen LogP contribution in [0.25, 0.3) is 10.9 Å². The van der Waals surface area contributed by atoms with Crippen molar-refractivity contribution >= 4 is 34.3 Å². The van der Waals surface area contributed by atoms with Crippen molar-refractivity contribution in [3.8, 4) is 0 Å². The van der Waals surface area contributed by atoms with E-state index in [1.54, 1.807) is 11.8 Å². The molecule has 0 aliphatic carbocycles. The number of para-hydroxylation sites is 1. The number of rotatable bonds is 7. The van der Waals surface area contributed by atoms with Gasteiger partial charge in [-0.25, -0.2) is 4.98 Å². The first-order chi connectivity index (χ1) is 12.2. The van der Waals surface area contributed by atoms with Crippen molar-refractivity contribution in [1.82, 2.24) is 9.55 Å². The molecule has 3 aromatic rings. The molecule has 0 atom stereocenters. The average molecular weight is 373 g/mol. The largest absolute Gasteiger partial charge is 0.287 e. The maximum absolute atomic E-state index is 12.9. The van der Waals surface area contributed by atoms with Crippen LogP contribution in [-0.4, -0.2) is 9.55 Å². The van der Waals surface area contributed by atoms with E-state index in [-0.39, 0.29) is 5.56 Å². The molecule has 0 N–H and O–H groups in total. The number of benzene rings is 2. The third-order valence-corrected chi connectivity index (χ3v) is 5.39. The van der Waals surface area contributed by atoms with E-state index in [2.05, 4.69) is 6.92 Å². The Morgan fingerprint density at radius 2 is 1.84 bits per heavy atom. The monoisotopic (exact) mass is 372 g/mol. The maximum Gasteiger partial charge on any atom is 0.262 e. The van der Waals surface area contributed by atoms with Gasteiger partial charge >= 0.3 is 0 Å². The molecule has 1 heterocycles. The van der Waals surface area contributed by atoms with Gasteiger partial charge in [0.15, 0.2) is 5.16 Å². The summed E-state index contributed by atoms with van der Waals surface area (Å²) in [7, 11) is 0. The van der Waals surface area contributed by atoms with Gasteiger partial charge < -0.3 is 0 Å². The van der Waals surface area contributed by atoms with Crippen LogP contribution in [0.4, 0.5) is 0 Å². The summed E-state index contributed by atoms with van der Waals surface area (Å²) in [5, 5.41) is 2.21. The van der Waals surface area contributed by atoms with E-state index in [1.165, 1.54) is 0 Å². The summed E-state index contributed by atoms with van der Waals surface area (Å²) in [6, 6.07) is 15.4. The highest BCUT2D eigenvalue weighted by Gasteiger charge is 2.11. The Bertz CT molecular complexity index is 906. The van der Waals surface area contributed by atoms with Crippen LogP contribution in [0.5, 0.6) is 0 Å². The molecule has 0 radical (unpaired) electrons. The Balaban J connectivity index is 1.91. The molecule has 0 unspecified atom stereocenters. The lowest BCUT2D eigenvalue weighted by Gasteiger charge is -2.13. The summed E-state index contributed by atoms with van der Waals surface area (Å²) in [5.41, 5.74) is 1.98. The molecule has 0 aliphatic rings. The molecule has 2 aromatic carbocycles. The van der Waals surface area contributed by atoms with Crippen molar-refractivity contribution in [3.05, 3.63) is 69.5 Å². The molecule has 0 saturated carbocycles. The average Bonchev–Trinajstić information content (AvgIpc) is 2.63. The SMILES string of the molecule is CCCCCn1c(SCc2ccc(Cl)cc2)nc2ccccc2c1=O. The summed E-state index contributed by atoms with van der Waals surface area (Å²) in [5.74, 6) is 0.760. The van der Waals surface area contributed by atoms with Crippen LogP contribution in [0.3, 0.4) is 0 Å². The zero-order chi connectivity index (χ0) is 17.6. The van der Waals surface area contributed by atoms with E-state index in [4.69, 9.17) is 16.6 Å². The molecule has 5 heteroatoms. The fourth-order valence-electron chi connectivity index (χ4n) is 2.70. The lowest BCUT2D eigenvalue weighted by atomic mass is 10.2. The van der Waals surface area contributed by atoms with Crippen LogP contribution in [0.2, 0.25) is 5.02 Å². The van der Waals surface area contributed by atoms with Crippen LogP contribution in [0.15, 0.2) is 58.5 Å². The number of fused-ring (bicyclic) bond motifs is 1. The Labute approximate surface area is 157 Å². The summed E-state index contributed by atoms with van der Waals surface area (Å²) in [4.78, 5) is 17.6. The van der Waals surface area contributed by atoms with E-state index < -0.39 is 0 Å². The first-order valence-electron chi connectivity index (χ1n) is 8.56. The highest BCUT2D eigenvalue weighted by Crippen LogP contribution is 2.23. The van der Waals surface area contributed by atoms with Gasteiger partial charge in [-0.1, -0.05) is 67.4 Å². The van der Waals surface area contributed by atoms with E-state index in [0.29, 0.717) is 11.9 Å². The number of thioether (sulfide) groups is 1. The molecule has 25 heavy (non-hydrogen) atoms. The van der Waals surface area contributed by atoms with Crippen LogP contribution in [-0.2, 0) is 12.3 Å². The number of hydrogen-bond donors (Lipinski definition) is 0. The third kappa shape index (κ3) is 4.44. The summed E-state index contributed by atoms with van der Waals surface area (Å²) < 4.78 is 1.83. The second-order valence-corrected chi connectivity index (χ2v) is 7.37. The molecule has 130 valence electrons. The van der Waals surface area contributed by atoms with Gasteiger partial charge in [-0.15, -0.1) is 0 Å². The van der Waals surface area contributed by atoms with Gasteiger partial charge in [0.05, 0.1) is 10.9 Å². The normalized spacial score (nSPS) is 11.1. The number of hydrogen-bond acceptors (Lipinski definition) is 3. The van der Waals surface area contributed by atoms with Crippen molar-refractivity contribution in [2.24, 2.45) is 0 Å². The van der Waals surface area contributed by atoms with Gasteiger partial charge in [-0.05, 0) is 36.2 Å². The van der Waals surface area contributed by atoms with E-state index in [1.807, 2.05) is 53.1 Å². The van der Waals surface area contributed by atoms with Gasteiger partial charge in [0, 0.05) is 17.3 Å². The molecule has 3 rings (SSSR count). The smallest absolute Gasteiger partial charge is 0.262 e. The van der Waals surface area contributed by atoms with Crippen molar-refractivity contribution in [1.29, 1.82) is 0 Å². The van der Waals surface area contributed by atoms with Gasteiger partial charge in [0.25, 0.3) is 5.56 Å². The van der Waals surface area contributed by atoms with Gasteiger partial charge in [0.2, 0.25) is 0 Å². The lowest BCUT2D eigenvalue weighted by Crippen LogP contribution is -2.23. The van der Waals surface area contributed by atoms with Crippen molar-refractivity contribution < 1.29 is 0 Å². The second-order valence-electron chi connectivity index (χ2n) is 5.99. The molecular weight excluding hydrogens is 352 g/mol. The lowest BCUT2D eigenvalue weighted by molar-refractivity contribution is 0.541. The quantitative estimate of drug-likeness (QED) is 0.310. The maximum atomic E-state index is 12.9. The van der Waals surface area contributed by atoms with Crippen molar-refractivity contribution in [2.45, 2.75) is 43.6 Å². The predicted octanol–water partition coefficient (Wildman–Crippen LogP) is 5.53. The summed E-state index contributed by atoms with van der Waals surface area (Å²) >= 11 is 7.55. The summed E-state index contributed by atoms with van der Waals surface area (Å²) in [6.45, 7) is 2.88. The van der Waals surface area contributed by atoms with Crippen LogP contribution in [0, 0.1) is 0 Å². The highest BCUT2D eigenvalue weighted by atomic mass is 35.5. The van der Waals surface area contributed by atoms with Crippen molar-refractivity contribution in [2.75, 3.05) is 0 Å². The number of halogens is 1. The Morgan fingerprint density at radius 1 is 1.08 bits per heavy atom. The zero-order valence-corrected chi connectivity index (χ0v) is 15.8. The molecule has 0 spiro atoms. The van der Waals surface area contributed by atoms with Crippen LogP contribution < -0.4 is 5.56 Å². The Kier molecular flexibility index (Phi) is 6.16. The third-order valence-electron chi connectivity index (χ3n) is 4.09. The molecule has 3 nitrogen and oxygen atoms in total. The molecule has 0 bridgehead atoms. The minimum atomic E-state index is 0.0558. The van der Waals surface area contributed by atoms with Gasteiger partial charge in [-0.2, -0.15) is 0 Å². The number of nitrogens with zero attached hydrogens (tertiary/aromatic N) is 2. The fourth-order valence-corrected chi connectivity index (χ4v) is 3.81. The summed E-state index contributed by atoms with van der Waals surface area (Å²) in [6.07, 6.45) is 3.23. The van der Waals surface area contributed by atoms with E-state index in [9.17, 15) is 4.79 Å². The number of aromatic nitrogens is 2. The molecule has 0 aliphatic heterocycles. The van der Waals surface area contributed by atoms with E-state index in [0.717, 1.165) is 46.3 Å². The van der Waals surface area contributed by atoms with Gasteiger partial charge in [-0.3, -0.25) is 9.36 Å². The first kappa shape index (κ1) is 18.0. The highest BCUT2D eigenvalue weighted by molar-refractivity contribution is 7.98. The van der Waals surface area contributed by atoms with Crippen LogP contribution in [0.1, 0.15) is 31.7 Å². The molecule has 0 saturated heterocycles. The van der Waals surface area contributed by atoms with Gasteiger partial charge in [0.1, 0.15) is 0 Å². The molecular formula is C20H21ClN2OS. The molecule has 0 fully saturated rings. The first-order valence-corrected chi connectivity index (χ1v) is 9.92. The van der Waals surface area contributed by atoms with Crippen LogP contribution >= 0.6 is 23.4 Å². The number of unbranched alkanes of at least 4 members (excludes halogenated alkanes) is 2. The minimum absolute atomic E-state index is 0.0558. The molecule has 1 aromatic heterocycles. The zero-order valence-electron chi connectivity index (χ0n) is 14.2. The standard InChI is InChI=1S/C20H21ClN2OS/c1-2-3-6-13-23-19(24)17-7-4-5-8-18(17)22-20(23)25-14-15-9-11-16(21)12-10-15/h4-5,7-12H,2-3,6,13-14H2,1H3. The topological polar surface area (TPSA) is 34.9 Å². The minimum Gasteiger partial charge on any atom is -0.287 e. The Morgan fingerprint density at radius 3 is 2.60 bits per heavy atom. The Hall–Kier alpha value is -1.78. The van der Waals surface area contributed by atoms with E-state index >= 15 is 0 Å².